The Hall–Kier alpha value is -2.76. The molecule has 1 fully saturated rings. The number of hydrogen-bond acceptors (Lipinski definition) is 4. The molecule has 2 heterocycles. The van der Waals surface area contributed by atoms with Crippen molar-refractivity contribution in [3.8, 4) is 5.75 Å². The van der Waals surface area contributed by atoms with Gasteiger partial charge in [0, 0.05) is 24.9 Å². The quantitative estimate of drug-likeness (QED) is 0.900. The van der Waals surface area contributed by atoms with Gasteiger partial charge in [-0.2, -0.15) is 0 Å². The van der Waals surface area contributed by atoms with Crippen LogP contribution in [0.5, 0.6) is 5.75 Å². The highest BCUT2D eigenvalue weighted by Crippen LogP contribution is 2.32. The summed E-state index contributed by atoms with van der Waals surface area (Å²) >= 11 is 0. The maximum Gasteiger partial charge on any atom is 0.255 e. The molecular weight excluding hydrogens is 344 g/mol. The van der Waals surface area contributed by atoms with Gasteiger partial charge in [-0.25, -0.2) is 0 Å². The summed E-state index contributed by atoms with van der Waals surface area (Å²) in [6.45, 7) is 2.28. The van der Waals surface area contributed by atoms with Crippen molar-refractivity contribution in [1.29, 1.82) is 0 Å². The van der Waals surface area contributed by atoms with E-state index in [1.54, 1.807) is 12.0 Å². The second-order valence-corrected chi connectivity index (χ2v) is 7.19. The van der Waals surface area contributed by atoms with Gasteiger partial charge in [0.05, 0.1) is 24.4 Å². The minimum absolute atomic E-state index is 0.0178. The van der Waals surface area contributed by atoms with Gasteiger partial charge in [-0.15, -0.1) is 0 Å². The topological polar surface area (TPSA) is 71.8 Å². The normalized spacial score (nSPS) is 19.1. The van der Waals surface area contributed by atoms with Gasteiger partial charge in [-0.1, -0.05) is 12.1 Å². The summed E-state index contributed by atoms with van der Waals surface area (Å²) in [7, 11) is 1.59. The van der Waals surface area contributed by atoms with Gasteiger partial charge < -0.3 is 19.4 Å². The summed E-state index contributed by atoms with van der Waals surface area (Å²) in [5, 5.41) is 3.04. The molecule has 0 saturated carbocycles. The Kier molecular flexibility index (Phi) is 4.64. The minimum Gasteiger partial charge on any atom is -0.495 e. The number of aryl methyl sites for hydroxylation is 2. The van der Waals surface area contributed by atoms with Crippen LogP contribution in [0.4, 0.5) is 5.69 Å². The number of amides is 2. The Morgan fingerprint density at radius 2 is 2.04 bits per heavy atom. The lowest BCUT2D eigenvalue weighted by Crippen LogP contribution is -2.37. The van der Waals surface area contributed by atoms with E-state index in [0.29, 0.717) is 23.6 Å². The molecule has 2 amide bonds. The van der Waals surface area contributed by atoms with E-state index >= 15 is 0 Å². The number of nitrogens with zero attached hydrogens (tertiary/aromatic N) is 1. The van der Waals surface area contributed by atoms with Gasteiger partial charge in [-0.05, 0) is 38.3 Å². The summed E-state index contributed by atoms with van der Waals surface area (Å²) in [6, 6.07) is 7.20. The number of benzene rings is 1. The fourth-order valence-electron chi connectivity index (χ4n) is 4.15. The fraction of sp³-hybridized carbons (Fsp3) is 0.429. The maximum absolute atomic E-state index is 12.9. The van der Waals surface area contributed by atoms with E-state index in [1.807, 2.05) is 31.2 Å². The van der Waals surface area contributed by atoms with Crippen molar-refractivity contribution in [3.63, 3.8) is 0 Å². The second-order valence-electron chi connectivity index (χ2n) is 7.19. The molecule has 1 aromatic heterocycles. The summed E-state index contributed by atoms with van der Waals surface area (Å²) in [4.78, 5) is 27.1. The van der Waals surface area contributed by atoms with Crippen molar-refractivity contribution in [2.45, 2.75) is 45.1 Å². The van der Waals surface area contributed by atoms with Crippen molar-refractivity contribution < 1.29 is 18.7 Å². The fourth-order valence-corrected chi connectivity index (χ4v) is 4.15. The highest BCUT2D eigenvalue weighted by atomic mass is 16.5. The molecule has 142 valence electrons. The molecule has 0 unspecified atom stereocenters. The van der Waals surface area contributed by atoms with Gasteiger partial charge in [0.2, 0.25) is 5.91 Å². The molecule has 27 heavy (non-hydrogen) atoms. The van der Waals surface area contributed by atoms with Crippen molar-refractivity contribution in [2.75, 3.05) is 18.6 Å². The van der Waals surface area contributed by atoms with E-state index in [1.165, 1.54) is 0 Å². The van der Waals surface area contributed by atoms with Crippen LogP contribution >= 0.6 is 0 Å². The predicted octanol–water partition coefficient (Wildman–Crippen LogP) is 3.01. The molecule has 6 heteroatoms. The van der Waals surface area contributed by atoms with E-state index in [2.05, 4.69) is 5.32 Å². The zero-order valence-corrected chi connectivity index (χ0v) is 15.7. The number of nitrogens with one attached hydrogen (secondary N) is 1. The van der Waals surface area contributed by atoms with Gasteiger partial charge >= 0.3 is 0 Å². The maximum atomic E-state index is 12.9. The number of methoxy groups -OCH3 is 1. The number of anilines is 1. The first-order chi connectivity index (χ1) is 13.1. The Labute approximate surface area is 158 Å². The Balaban J connectivity index is 1.51. The van der Waals surface area contributed by atoms with Gasteiger partial charge in [-0.3, -0.25) is 9.59 Å². The zero-order chi connectivity index (χ0) is 19.0. The second kappa shape index (κ2) is 7.10. The van der Waals surface area contributed by atoms with Crippen LogP contribution in [0, 0.1) is 6.92 Å². The van der Waals surface area contributed by atoms with Crippen LogP contribution in [0.15, 0.2) is 28.7 Å². The average molecular weight is 368 g/mol. The smallest absolute Gasteiger partial charge is 0.255 e. The van der Waals surface area contributed by atoms with Crippen LogP contribution in [0.3, 0.4) is 0 Å². The van der Waals surface area contributed by atoms with Crippen molar-refractivity contribution >= 4 is 17.5 Å². The SMILES string of the molecule is COc1ccccc1N1C[C@@H](NC(=O)c2c(C)oc3c2CCCC3)CC1=O. The molecule has 1 N–H and O–H groups in total. The number of rotatable bonds is 4. The number of hydrogen-bond donors (Lipinski definition) is 1. The van der Waals surface area contributed by atoms with Crippen LogP contribution < -0.4 is 15.0 Å². The van der Waals surface area contributed by atoms with Crippen LogP contribution in [0.2, 0.25) is 0 Å². The number of para-hydroxylation sites is 2. The molecule has 6 nitrogen and oxygen atoms in total. The van der Waals surface area contributed by atoms with Crippen LogP contribution in [-0.4, -0.2) is 31.5 Å². The standard InChI is InChI=1S/C21H24N2O4/c1-13-20(15-7-3-5-9-17(15)27-13)21(25)22-14-11-19(24)23(12-14)16-8-4-6-10-18(16)26-2/h4,6,8,10,14H,3,5,7,9,11-12H2,1-2H3,(H,22,25)/t14-/m0/s1. The van der Waals surface area contributed by atoms with Gasteiger partial charge in [0.15, 0.2) is 0 Å². The minimum atomic E-state index is -0.233. The predicted molar refractivity (Wildman–Crippen MR) is 101 cm³/mol. The zero-order valence-electron chi connectivity index (χ0n) is 15.7. The molecule has 2 aromatic rings. The third kappa shape index (κ3) is 3.20. The van der Waals surface area contributed by atoms with Crippen LogP contribution in [0.1, 0.15) is 46.7 Å². The largest absolute Gasteiger partial charge is 0.495 e. The molecule has 1 aliphatic heterocycles. The first-order valence-electron chi connectivity index (χ1n) is 9.44. The molecule has 1 saturated heterocycles. The van der Waals surface area contributed by atoms with Crippen LogP contribution in [0.25, 0.3) is 0 Å². The van der Waals surface area contributed by atoms with Gasteiger partial charge in [0.1, 0.15) is 17.3 Å². The molecule has 1 atom stereocenters. The third-order valence-electron chi connectivity index (χ3n) is 5.41. The highest BCUT2D eigenvalue weighted by Gasteiger charge is 2.34. The van der Waals surface area contributed by atoms with Crippen molar-refractivity contribution in [3.05, 3.63) is 46.9 Å². The average Bonchev–Trinajstić information content (AvgIpc) is 3.20. The van der Waals surface area contributed by atoms with Crippen molar-refractivity contribution in [2.24, 2.45) is 0 Å². The third-order valence-corrected chi connectivity index (χ3v) is 5.41. The monoisotopic (exact) mass is 368 g/mol. The Morgan fingerprint density at radius 3 is 2.85 bits per heavy atom. The van der Waals surface area contributed by atoms with E-state index < -0.39 is 0 Å². The Bertz CT molecular complexity index is 886. The molecule has 0 spiro atoms. The number of carbonyl (C=O) groups is 2. The van der Waals surface area contributed by atoms with E-state index in [9.17, 15) is 9.59 Å². The highest BCUT2D eigenvalue weighted by molar-refractivity contribution is 6.00. The number of ether oxygens (including phenoxy) is 1. The lowest BCUT2D eigenvalue weighted by atomic mass is 9.94. The summed E-state index contributed by atoms with van der Waals surface area (Å²) in [6.07, 6.45) is 4.24. The lowest BCUT2D eigenvalue weighted by molar-refractivity contribution is -0.117. The van der Waals surface area contributed by atoms with E-state index in [0.717, 1.165) is 42.7 Å². The summed E-state index contributed by atoms with van der Waals surface area (Å²) in [5.41, 5.74) is 2.44. The first-order valence-corrected chi connectivity index (χ1v) is 9.44. The lowest BCUT2D eigenvalue weighted by Gasteiger charge is -2.20. The van der Waals surface area contributed by atoms with Crippen LogP contribution in [-0.2, 0) is 17.6 Å². The molecular formula is C21H24N2O4. The molecule has 1 aliphatic carbocycles. The molecule has 2 aliphatic rings. The van der Waals surface area contributed by atoms with Crippen molar-refractivity contribution in [1.82, 2.24) is 5.32 Å². The summed E-state index contributed by atoms with van der Waals surface area (Å²) in [5.74, 6) is 2.11. The van der Waals surface area contributed by atoms with E-state index in [4.69, 9.17) is 9.15 Å². The van der Waals surface area contributed by atoms with Gasteiger partial charge in [0.25, 0.3) is 5.91 Å². The number of furan rings is 1. The van der Waals surface area contributed by atoms with E-state index in [-0.39, 0.29) is 24.3 Å². The molecule has 4 rings (SSSR count). The number of carbonyl (C=O) groups excluding carboxylic acids is 2. The molecule has 1 aromatic carbocycles. The molecule has 0 radical (unpaired) electrons. The first kappa shape index (κ1) is 17.6. The number of fused-ring (bicyclic) bond motifs is 1. The molecule has 0 bridgehead atoms. The Morgan fingerprint density at radius 1 is 1.26 bits per heavy atom. The summed E-state index contributed by atoms with van der Waals surface area (Å²) < 4.78 is 11.2.